The molecule has 0 radical (unpaired) electrons. The van der Waals surface area contributed by atoms with Crippen molar-refractivity contribution in [3.63, 3.8) is 0 Å². The maximum absolute atomic E-state index is 14.1. The number of halogens is 2. The molecule has 140 valence electrons. The van der Waals surface area contributed by atoms with Gasteiger partial charge in [0, 0.05) is 24.3 Å². The molecular formula is C19H11F2N3O3S. The van der Waals surface area contributed by atoms with Crippen molar-refractivity contribution in [3.05, 3.63) is 74.6 Å². The maximum atomic E-state index is 14.1. The fourth-order valence-corrected chi connectivity index (χ4v) is 3.57. The molecule has 3 aromatic rings. The van der Waals surface area contributed by atoms with Gasteiger partial charge in [0.25, 0.3) is 11.6 Å². The van der Waals surface area contributed by atoms with E-state index in [2.05, 4.69) is 10.9 Å². The van der Waals surface area contributed by atoms with E-state index in [1.54, 1.807) is 6.07 Å². The van der Waals surface area contributed by atoms with Crippen molar-refractivity contribution >= 4 is 39.2 Å². The Labute approximate surface area is 161 Å². The van der Waals surface area contributed by atoms with E-state index in [0.717, 1.165) is 29.5 Å². The zero-order chi connectivity index (χ0) is 20.3. The highest BCUT2D eigenvalue weighted by Gasteiger charge is 2.13. The minimum Gasteiger partial charge on any atom is -0.302 e. The van der Waals surface area contributed by atoms with Crippen molar-refractivity contribution in [2.75, 3.05) is 0 Å². The number of carbonyl (C=O) groups is 1. The van der Waals surface area contributed by atoms with Gasteiger partial charge in [-0.1, -0.05) is 29.4 Å². The molecule has 0 N–H and O–H groups in total. The average molecular weight is 399 g/mol. The summed E-state index contributed by atoms with van der Waals surface area (Å²) >= 11 is 0.925. The summed E-state index contributed by atoms with van der Waals surface area (Å²) < 4.78 is 29.2. The van der Waals surface area contributed by atoms with E-state index >= 15 is 0 Å². The number of benzene rings is 2. The molecule has 0 saturated heterocycles. The van der Waals surface area contributed by atoms with Crippen LogP contribution in [0.25, 0.3) is 16.3 Å². The standard InChI is InChI=1S/C19H11F2N3O3S/c1-2-8-23-18-15(21)10-13(20)11-16(18)28-19(23)22-17(25)7-6-12-4-3-5-14(9-12)24(26)27/h1,3-7,9-11H,8H2. The summed E-state index contributed by atoms with van der Waals surface area (Å²) in [5.74, 6) is 0.121. The molecule has 0 aliphatic carbocycles. The predicted octanol–water partition coefficient (Wildman–Crippen LogP) is 3.66. The SMILES string of the molecule is C#CCn1c(=NC(=O)C=Cc2cccc([N+](=O)[O-])c2)sc2cc(F)cc(F)c21. The summed E-state index contributed by atoms with van der Waals surface area (Å²) in [4.78, 5) is 26.4. The fourth-order valence-electron chi connectivity index (χ4n) is 2.49. The van der Waals surface area contributed by atoms with Crippen molar-refractivity contribution in [3.8, 4) is 12.3 Å². The van der Waals surface area contributed by atoms with Crippen molar-refractivity contribution < 1.29 is 18.5 Å². The molecule has 3 rings (SSSR count). The highest BCUT2D eigenvalue weighted by atomic mass is 32.1. The van der Waals surface area contributed by atoms with Gasteiger partial charge in [-0.25, -0.2) is 8.78 Å². The Balaban J connectivity index is 2.00. The average Bonchev–Trinajstić information content (AvgIpc) is 2.97. The second-order valence-corrected chi connectivity index (χ2v) is 6.55. The van der Waals surface area contributed by atoms with Crippen LogP contribution in [0, 0.1) is 34.1 Å². The van der Waals surface area contributed by atoms with Crippen LogP contribution >= 0.6 is 11.3 Å². The number of nitro groups is 1. The first kappa shape index (κ1) is 19.1. The monoisotopic (exact) mass is 399 g/mol. The van der Waals surface area contributed by atoms with E-state index in [9.17, 15) is 23.7 Å². The summed E-state index contributed by atoms with van der Waals surface area (Å²) in [6.45, 7) is -0.0523. The quantitative estimate of drug-likeness (QED) is 0.291. The summed E-state index contributed by atoms with van der Waals surface area (Å²) in [5, 5.41) is 10.8. The lowest BCUT2D eigenvalue weighted by atomic mass is 10.2. The molecule has 28 heavy (non-hydrogen) atoms. The van der Waals surface area contributed by atoms with E-state index in [-0.39, 0.29) is 27.3 Å². The van der Waals surface area contributed by atoms with Crippen LogP contribution in [0.2, 0.25) is 0 Å². The fraction of sp³-hybridized carbons (Fsp3) is 0.0526. The van der Waals surface area contributed by atoms with Gasteiger partial charge in [0.15, 0.2) is 10.6 Å². The van der Waals surface area contributed by atoms with Crippen LogP contribution in [0.15, 0.2) is 47.5 Å². The minimum atomic E-state index is -0.803. The second kappa shape index (κ2) is 7.94. The molecule has 1 aromatic heterocycles. The van der Waals surface area contributed by atoms with E-state index in [1.807, 2.05) is 0 Å². The molecule has 6 nitrogen and oxygen atoms in total. The van der Waals surface area contributed by atoms with Crippen molar-refractivity contribution in [1.82, 2.24) is 4.57 Å². The maximum Gasteiger partial charge on any atom is 0.272 e. The Kier molecular flexibility index (Phi) is 5.42. The van der Waals surface area contributed by atoms with E-state index < -0.39 is 22.5 Å². The number of aromatic nitrogens is 1. The van der Waals surface area contributed by atoms with Crippen LogP contribution in [-0.2, 0) is 11.3 Å². The molecule has 0 aliphatic heterocycles. The molecule has 0 bridgehead atoms. The molecule has 9 heteroatoms. The lowest BCUT2D eigenvalue weighted by Gasteiger charge is -2.00. The zero-order valence-electron chi connectivity index (χ0n) is 14.1. The molecule has 1 heterocycles. The summed E-state index contributed by atoms with van der Waals surface area (Å²) in [7, 11) is 0. The molecule has 0 fully saturated rings. The Morgan fingerprint density at radius 1 is 1.36 bits per heavy atom. The van der Waals surface area contributed by atoms with Gasteiger partial charge in [0.1, 0.15) is 5.82 Å². The number of thiazole rings is 1. The topological polar surface area (TPSA) is 77.5 Å². The molecule has 0 unspecified atom stereocenters. The normalized spacial score (nSPS) is 11.8. The van der Waals surface area contributed by atoms with E-state index in [0.29, 0.717) is 5.56 Å². The van der Waals surface area contributed by atoms with Crippen LogP contribution in [0.1, 0.15) is 5.56 Å². The van der Waals surface area contributed by atoms with Crippen LogP contribution in [0.4, 0.5) is 14.5 Å². The molecule has 0 spiro atoms. The Hall–Kier alpha value is -3.64. The van der Waals surface area contributed by atoms with Gasteiger partial charge >= 0.3 is 0 Å². The van der Waals surface area contributed by atoms with Gasteiger partial charge in [-0.15, -0.1) is 6.42 Å². The number of rotatable bonds is 4. The predicted molar refractivity (Wildman–Crippen MR) is 101 cm³/mol. The van der Waals surface area contributed by atoms with Crippen LogP contribution < -0.4 is 4.80 Å². The van der Waals surface area contributed by atoms with Gasteiger partial charge in [-0.2, -0.15) is 4.99 Å². The number of nitrogens with zero attached hydrogens (tertiary/aromatic N) is 3. The first-order chi connectivity index (χ1) is 13.4. The minimum absolute atomic E-state index is 0.0523. The van der Waals surface area contributed by atoms with Crippen LogP contribution in [0.5, 0.6) is 0 Å². The number of terminal acetylenes is 1. The number of amides is 1. The Morgan fingerprint density at radius 3 is 2.86 bits per heavy atom. The number of hydrogen-bond donors (Lipinski definition) is 0. The van der Waals surface area contributed by atoms with Crippen molar-refractivity contribution in [1.29, 1.82) is 0 Å². The van der Waals surface area contributed by atoms with Gasteiger partial charge in [-0.3, -0.25) is 14.9 Å². The largest absolute Gasteiger partial charge is 0.302 e. The Morgan fingerprint density at radius 2 is 2.14 bits per heavy atom. The third-order valence-corrected chi connectivity index (χ3v) is 4.68. The molecule has 1 amide bonds. The number of non-ortho nitro benzene ring substituents is 1. The molecule has 0 aliphatic rings. The first-order valence-electron chi connectivity index (χ1n) is 7.82. The van der Waals surface area contributed by atoms with E-state index in [4.69, 9.17) is 6.42 Å². The van der Waals surface area contributed by atoms with E-state index in [1.165, 1.54) is 28.8 Å². The van der Waals surface area contributed by atoms with Gasteiger partial charge in [-0.05, 0) is 17.7 Å². The lowest BCUT2D eigenvalue weighted by Crippen LogP contribution is -2.16. The lowest BCUT2D eigenvalue weighted by molar-refractivity contribution is -0.384. The first-order valence-corrected chi connectivity index (χ1v) is 8.64. The molecule has 0 atom stereocenters. The second-order valence-electron chi connectivity index (χ2n) is 5.54. The number of nitro benzene ring substituents is 1. The third-order valence-electron chi connectivity index (χ3n) is 3.65. The van der Waals surface area contributed by atoms with Gasteiger partial charge in [0.2, 0.25) is 0 Å². The summed E-state index contributed by atoms with van der Waals surface area (Å²) in [6, 6.07) is 7.59. The van der Waals surface area contributed by atoms with Crippen molar-refractivity contribution in [2.24, 2.45) is 4.99 Å². The molecular weight excluding hydrogens is 388 g/mol. The number of hydrogen-bond acceptors (Lipinski definition) is 4. The van der Waals surface area contributed by atoms with Crippen LogP contribution in [-0.4, -0.2) is 15.4 Å². The number of carbonyl (C=O) groups excluding carboxylic acids is 1. The van der Waals surface area contributed by atoms with Crippen molar-refractivity contribution in [2.45, 2.75) is 6.54 Å². The third kappa shape index (κ3) is 4.02. The molecule has 2 aromatic carbocycles. The smallest absolute Gasteiger partial charge is 0.272 e. The molecule has 0 saturated carbocycles. The van der Waals surface area contributed by atoms with Gasteiger partial charge < -0.3 is 4.57 Å². The van der Waals surface area contributed by atoms with Crippen LogP contribution in [0.3, 0.4) is 0 Å². The number of fused-ring (bicyclic) bond motifs is 1. The Bertz CT molecular complexity index is 1240. The highest BCUT2D eigenvalue weighted by molar-refractivity contribution is 7.16. The summed E-state index contributed by atoms with van der Waals surface area (Å²) in [5.41, 5.74) is 0.401. The summed E-state index contributed by atoms with van der Waals surface area (Å²) in [6.07, 6.45) is 7.80. The zero-order valence-corrected chi connectivity index (χ0v) is 15.0. The highest BCUT2D eigenvalue weighted by Crippen LogP contribution is 2.22. The van der Waals surface area contributed by atoms with Gasteiger partial charge in [0.05, 0.1) is 21.7 Å².